The van der Waals surface area contributed by atoms with Crippen LogP contribution in [0.4, 0.5) is 0 Å². The summed E-state index contributed by atoms with van der Waals surface area (Å²) in [6.45, 7) is 31.8. The van der Waals surface area contributed by atoms with Crippen LogP contribution in [0.3, 0.4) is 0 Å². The molecule has 0 spiro atoms. The lowest BCUT2D eigenvalue weighted by atomic mass is 9.72. The zero-order valence-corrected chi connectivity index (χ0v) is 15.1. The molecular weight excluding hydrogens is 204 g/mol. The molecule has 0 N–H and O–H groups in total. The van der Waals surface area contributed by atoms with Crippen molar-refractivity contribution >= 4 is 0 Å². The summed E-state index contributed by atoms with van der Waals surface area (Å²) >= 11 is 0. The Morgan fingerprint density at radius 3 is 0.706 bits per heavy atom. The molecule has 0 aromatic carbocycles. The van der Waals surface area contributed by atoms with E-state index >= 15 is 0 Å². The van der Waals surface area contributed by atoms with Crippen LogP contribution in [-0.2, 0) is 0 Å². The molecule has 0 aliphatic rings. The predicted molar refractivity (Wildman–Crippen MR) is 88.8 cm³/mol. The van der Waals surface area contributed by atoms with E-state index in [0.29, 0.717) is 5.41 Å². The number of hydrogen-bond acceptors (Lipinski definition) is 0. The number of hydrogen-bond donors (Lipinski definition) is 0. The molecule has 0 saturated carbocycles. The summed E-state index contributed by atoms with van der Waals surface area (Å²) in [5.74, 6) is 1.58. The van der Waals surface area contributed by atoms with Crippen LogP contribution in [0.25, 0.3) is 0 Å². The molecule has 0 aliphatic heterocycles. The van der Waals surface area contributed by atoms with Gasteiger partial charge in [-0.15, -0.1) is 13.2 Å². The van der Waals surface area contributed by atoms with Gasteiger partial charge in [-0.3, -0.25) is 0 Å². The summed E-state index contributed by atoms with van der Waals surface area (Å²) < 4.78 is 0. The highest BCUT2D eigenvalue weighted by Crippen LogP contribution is 2.33. The van der Waals surface area contributed by atoms with Gasteiger partial charge in [-0.2, -0.15) is 0 Å². The highest BCUT2D eigenvalue weighted by molar-refractivity contribution is 4.75. The van der Waals surface area contributed by atoms with Crippen molar-refractivity contribution in [3.05, 3.63) is 13.2 Å². The maximum Gasteiger partial charge on any atom is -0.0308 e. The fourth-order valence-corrected chi connectivity index (χ4v) is 0.667. The minimum absolute atomic E-state index is 0.500. The van der Waals surface area contributed by atoms with E-state index in [9.17, 15) is 0 Å². The van der Waals surface area contributed by atoms with Gasteiger partial charge in [0.25, 0.3) is 0 Å². The van der Waals surface area contributed by atoms with Gasteiger partial charge in [0.1, 0.15) is 0 Å². The van der Waals surface area contributed by atoms with Crippen molar-refractivity contribution < 1.29 is 0 Å². The molecule has 0 nitrogen and oxygen atoms in total. The molecule has 0 atom stereocenters. The van der Waals surface area contributed by atoms with Crippen LogP contribution >= 0.6 is 0 Å². The Hall–Kier alpha value is -0.260. The average Bonchev–Trinajstić information content (AvgIpc) is 2.38. The van der Waals surface area contributed by atoms with Gasteiger partial charge in [0, 0.05) is 0 Å². The molecule has 0 unspecified atom stereocenters. The van der Waals surface area contributed by atoms with Gasteiger partial charge in [0.05, 0.1) is 0 Å². The van der Waals surface area contributed by atoms with Gasteiger partial charge < -0.3 is 0 Å². The van der Waals surface area contributed by atoms with E-state index in [4.69, 9.17) is 0 Å². The van der Waals surface area contributed by atoms with Gasteiger partial charge in [-0.1, -0.05) is 83.1 Å². The van der Waals surface area contributed by atoms with Crippen molar-refractivity contribution in [3.63, 3.8) is 0 Å². The summed E-state index contributed by atoms with van der Waals surface area (Å²) in [7, 11) is 0. The standard InChI is InChI=1S/C9H20.3C2H6.C2H4/c1-7(2)9(5,6)8(3)4;4*1-2/h7-8H,1-6H3;3*1-2H3;1-2H2. The molecule has 0 rings (SSSR count). The van der Waals surface area contributed by atoms with Gasteiger partial charge in [-0.05, 0) is 17.3 Å². The molecule has 0 fully saturated rings. The Balaban J connectivity index is -0.0000000507. The lowest BCUT2D eigenvalue weighted by molar-refractivity contribution is 0.165. The first-order valence-corrected chi connectivity index (χ1v) is 7.39. The third-order valence-corrected chi connectivity index (χ3v) is 2.98. The molecule has 110 valence electrons. The summed E-state index contributed by atoms with van der Waals surface area (Å²) in [6, 6.07) is 0. The molecular formula is C17H42. The van der Waals surface area contributed by atoms with E-state index in [1.165, 1.54) is 0 Å². The van der Waals surface area contributed by atoms with Crippen molar-refractivity contribution in [2.45, 2.75) is 83.1 Å². The molecule has 0 amide bonds. The van der Waals surface area contributed by atoms with Crippen LogP contribution in [-0.4, -0.2) is 0 Å². The van der Waals surface area contributed by atoms with Gasteiger partial charge in [0.15, 0.2) is 0 Å². The first-order chi connectivity index (χ1) is 7.89. The Kier molecular flexibility index (Phi) is 43.9. The van der Waals surface area contributed by atoms with Crippen LogP contribution in [0.2, 0.25) is 0 Å². The van der Waals surface area contributed by atoms with E-state index < -0.39 is 0 Å². The summed E-state index contributed by atoms with van der Waals surface area (Å²) in [5, 5.41) is 0. The van der Waals surface area contributed by atoms with E-state index in [0.717, 1.165) is 11.8 Å². The van der Waals surface area contributed by atoms with Crippen molar-refractivity contribution in [2.24, 2.45) is 17.3 Å². The van der Waals surface area contributed by atoms with Crippen molar-refractivity contribution in [2.75, 3.05) is 0 Å². The summed E-state index contributed by atoms with van der Waals surface area (Å²) in [4.78, 5) is 0. The van der Waals surface area contributed by atoms with Crippen LogP contribution in [0.15, 0.2) is 13.2 Å². The Labute approximate surface area is 114 Å². The topological polar surface area (TPSA) is 0 Å². The van der Waals surface area contributed by atoms with E-state index in [2.05, 4.69) is 54.7 Å². The normalized spacial score (nSPS) is 8.35. The Morgan fingerprint density at radius 1 is 0.588 bits per heavy atom. The minimum atomic E-state index is 0.500. The average molecular weight is 247 g/mol. The summed E-state index contributed by atoms with van der Waals surface area (Å²) in [5.41, 5.74) is 0.500. The molecule has 0 aromatic rings. The first-order valence-electron chi connectivity index (χ1n) is 7.39. The smallest absolute Gasteiger partial charge is 0.0308 e. The highest BCUT2D eigenvalue weighted by Gasteiger charge is 2.25. The van der Waals surface area contributed by atoms with Crippen LogP contribution in [0.1, 0.15) is 83.1 Å². The third kappa shape index (κ3) is 21.6. The van der Waals surface area contributed by atoms with Crippen LogP contribution in [0, 0.1) is 17.3 Å². The van der Waals surface area contributed by atoms with Gasteiger partial charge in [-0.25, -0.2) is 0 Å². The van der Waals surface area contributed by atoms with E-state index in [1.54, 1.807) is 0 Å². The van der Waals surface area contributed by atoms with Gasteiger partial charge in [0.2, 0.25) is 0 Å². The first kappa shape index (κ1) is 30.1. The second kappa shape index (κ2) is 24.8. The van der Waals surface area contributed by atoms with Crippen LogP contribution < -0.4 is 0 Å². The van der Waals surface area contributed by atoms with E-state index in [1.807, 2.05) is 41.5 Å². The van der Waals surface area contributed by atoms with Crippen molar-refractivity contribution in [1.29, 1.82) is 0 Å². The quantitative estimate of drug-likeness (QED) is 0.452. The molecule has 0 saturated heterocycles. The van der Waals surface area contributed by atoms with E-state index in [-0.39, 0.29) is 0 Å². The lowest BCUT2D eigenvalue weighted by Crippen LogP contribution is -2.25. The Bertz CT molecular complexity index is 78.2. The molecule has 17 heavy (non-hydrogen) atoms. The summed E-state index contributed by atoms with van der Waals surface area (Å²) in [6.07, 6.45) is 0. The largest absolute Gasteiger partial charge is 0.106 e. The highest BCUT2D eigenvalue weighted by atomic mass is 14.3. The molecule has 0 aromatic heterocycles. The van der Waals surface area contributed by atoms with Crippen molar-refractivity contribution in [1.82, 2.24) is 0 Å². The SMILES string of the molecule is C=C.CC.CC.CC.CC(C)C(C)(C)C(C)C. The molecule has 0 aliphatic carbocycles. The molecule has 0 bridgehead atoms. The molecule has 0 heteroatoms. The monoisotopic (exact) mass is 246 g/mol. The second-order valence-electron chi connectivity index (χ2n) is 4.13. The fraction of sp³-hybridized carbons (Fsp3) is 0.882. The maximum atomic E-state index is 3.00. The van der Waals surface area contributed by atoms with Crippen molar-refractivity contribution in [3.8, 4) is 0 Å². The predicted octanol–water partition coefficient (Wildman–Crippen LogP) is 7.21. The van der Waals surface area contributed by atoms with Gasteiger partial charge >= 0.3 is 0 Å². The maximum absolute atomic E-state index is 3.00. The molecule has 0 radical (unpaired) electrons. The fourth-order valence-electron chi connectivity index (χ4n) is 0.667. The zero-order valence-electron chi connectivity index (χ0n) is 15.1. The zero-order chi connectivity index (χ0) is 15.7. The minimum Gasteiger partial charge on any atom is -0.106 e. The third-order valence-electron chi connectivity index (χ3n) is 2.98. The lowest BCUT2D eigenvalue weighted by Gasteiger charge is -2.33. The molecule has 0 heterocycles. The second-order valence-corrected chi connectivity index (χ2v) is 4.13. The number of rotatable bonds is 2. The Morgan fingerprint density at radius 2 is 0.706 bits per heavy atom. The van der Waals surface area contributed by atoms with Crippen LogP contribution in [0.5, 0.6) is 0 Å².